The number of carbonyl (C=O) groups excluding carboxylic acids is 1. The summed E-state index contributed by atoms with van der Waals surface area (Å²) in [6.07, 6.45) is 3.37. The molecule has 2 aromatic rings. The highest BCUT2D eigenvalue weighted by Gasteiger charge is 2.02. The van der Waals surface area contributed by atoms with Gasteiger partial charge >= 0.3 is 6.03 Å². The number of benzene rings is 2. The Labute approximate surface area is 142 Å². The topological polar surface area (TPSA) is 41.1 Å². The summed E-state index contributed by atoms with van der Waals surface area (Å²) in [7, 11) is 0. The van der Waals surface area contributed by atoms with Gasteiger partial charge in [0.05, 0.1) is 0 Å². The molecule has 0 spiro atoms. The van der Waals surface area contributed by atoms with Crippen molar-refractivity contribution in [2.75, 3.05) is 5.32 Å². The molecule has 0 aliphatic heterocycles. The lowest BCUT2D eigenvalue weighted by molar-refractivity contribution is 0.255. The highest BCUT2D eigenvalue weighted by Crippen LogP contribution is 2.17. The molecule has 0 heterocycles. The number of rotatable bonds is 3. The van der Waals surface area contributed by atoms with Crippen LogP contribution in [0.15, 0.2) is 48.7 Å². The third-order valence-corrected chi connectivity index (χ3v) is 3.68. The number of carbonyl (C=O) groups is 1. The summed E-state index contributed by atoms with van der Waals surface area (Å²) < 4.78 is 1.14. The van der Waals surface area contributed by atoms with E-state index in [-0.39, 0.29) is 6.03 Å². The second kappa shape index (κ2) is 7.47. The molecule has 0 saturated carbocycles. The largest absolute Gasteiger partial charge is 0.323 e. The van der Waals surface area contributed by atoms with E-state index in [1.807, 2.05) is 43.3 Å². The van der Waals surface area contributed by atoms with Gasteiger partial charge in [-0.2, -0.15) is 0 Å². The van der Waals surface area contributed by atoms with Crippen LogP contribution < -0.4 is 10.6 Å². The molecule has 2 rings (SSSR count). The molecule has 5 heteroatoms. The van der Waals surface area contributed by atoms with Gasteiger partial charge in [-0.05, 0) is 77.0 Å². The first-order chi connectivity index (χ1) is 10.0. The fourth-order valence-electron chi connectivity index (χ4n) is 1.75. The number of hydrogen-bond donors (Lipinski definition) is 2. The fraction of sp³-hybridized carbons (Fsp3) is 0.0625. The second-order valence-corrected chi connectivity index (χ2v) is 6.13. The summed E-state index contributed by atoms with van der Waals surface area (Å²) in [6.45, 7) is 1.96. The van der Waals surface area contributed by atoms with Crippen molar-refractivity contribution in [1.82, 2.24) is 5.32 Å². The normalized spacial score (nSPS) is 10.6. The molecule has 3 nitrogen and oxygen atoms in total. The van der Waals surface area contributed by atoms with Gasteiger partial charge in [-0.15, -0.1) is 0 Å². The number of halogens is 2. The van der Waals surface area contributed by atoms with Crippen LogP contribution in [0.5, 0.6) is 0 Å². The molecule has 0 atom stereocenters. The Morgan fingerprint density at radius 1 is 1.24 bits per heavy atom. The molecule has 0 saturated heterocycles. The molecule has 2 amide bonds. The molecule has 0 unspecified atom stereocenters. The van der Waals surface area contributed by atoms with Crippen molar-refractivity contribution in [3.8, 4) is 0 Å². The Morgan fingerprint density at radius 3 is 2.76 bits per heavy atom. The number of urea groups is 1. The monoisotopic (exact) mass is 412 g/mol. The van der Waals surface area contributed by atoms with Crippen molar-refractivity contribution in [2.24, 2.45) is 0 Å². The van der Waals surface area contributed by atoms with Crippen LogP contribution in [0.2, 0.25) is 5.02 Å². The van der Waals surface area contributed by atoms with Crippen molar-refractivity contribution in [3.63, 3.8) is 0 Å². The first kappa shape index (κ1) is 15.9. The van der Waals surface area contributed by atoms with Crippen LogP contribution in [0.1, 0.15) is 11.1 Å². The standard InChI is InChI=1S/C16H14ClIN2O/c1-11-9-14(18)5-6-15(11)20-16(21)19-8-7-12-3-2-4-13(17)10-12/h2-10H,1H3,(H2,19,20,21)/b8-7+. The van der Waals surface area contributed by atoms with Gasteiger partial charge in [-0.3, -0.25) is 0 Å². The highest BCUT2D eigenvalue weighted by molar-refractivity contribution is 14.1. The van der Waals surface area contributed by atoms with Crippen molar-refractivity contribution < 1.29 is 4.79 Å². The van der Waals surface area contributed by atoms with Crippen LogP contribution in [-0.2, 0) is 0 Å². The summed E-state index contributed by atoms with van der Waals surface area (Å²) >= 11 is 8.13. The van der Waals surface area contributed by atoms with E-state index in [2.05, 4.69) is 33.2 Å². The molecule has 21 heavy (non-hydrogen) atoms. The summed E-state index contributed by atoms with van der Waals surface area (Å²) in [5, 5.41) is 6.13. The lowest BCUT2D eigenvalue weighted by Gasteiger charge is -2.08. The average molecular weight is 413 g/mol. The number of aryl methyl sites for hydroxylation is 1. The number of nitrogens with one attached hydrogen (secondary N) is 2. The van der Waals surface area contributed by atoms with Crippen LogP contribution in [-0.4, -0.2) is 6.03 Å². The smallest absolute Gasteiger partial charge is 0.314 e. The van der Waals surface area contributed by atoms with Crippen molar-refractivity contribution in [2.45, 2.75) is 6.92 Å². The van der Waals surface area contributed by atoms with Gasteiger partial charge in [0.15, 0.2) is 0 Å². The first-order valence-electron chi connectivity index (χ1n) is 6.30. The number of amides is 2. The molecular formula is C16H14ClIN2O. The quantitative estimate of drug-likeness (QED) is 0.681. The van der Waals surface area contributed by atoms with E-state index in [9.17, 15) is 4.79 Å². The van der Waals surface area contributed by atoms with Crippen LogP contribution in [0, 0.1) is 10.5 Å². The van der Waals surface area contributed by atoms with Gasteiger partial charge in [-0.25, -0.2) is 4.79 Å². The summed E-state index contributed by atoms with van der Waals surface area (Å²) in [6, 6.07) is 13.0. The zero-order chi connectivity index (χ0) is 15.2. The second-order valence-electron chi connectivity index (χ2n) is 4.45. The van der Waals surface area contributed by atoms with E-state index in [0.717, 1.165) is 20.4 Å². The van der Waals surface area contributed by atoms with Crippen LogP contribution in [0.4, 0.5) is 10.5 Å². The molecule has 0 fully saturated rings. The predicted molar refractivity (Wildman–Crippen MR) is 96.5 cm³/mol. The van der Waals surface area contributed by atoms with E-state index < -0.39 is 0 Å². The third kappa shape index (κ3) is 5.06. The van der Waals surface area contributed by atoms with Gasteiger partial charge in [0.2, 0.25) is 0 Å². The highest BCUT2D eigenvalue weighted by atomic mass is 127. The fourth-order valence-corrected chi connectivity index (χ4v) is 2.60. The van der Waals surface area contributed by atoms with Gasteiger partial charge in [0.25, 0.3) is 0 Å². The molecule has 0 bridgehead atoms. The Balaban J connectivity index is 1.93. The maximum absolute atomic E-state index is 11.8. The molecule has 0 aliphatic carbocycles. The van der Waals surface area contributed by atoms with Crippen LogP contribution in [0.3, 0.4) is 0 Å². The molecule has 0 radical (unpaired) electrons. The average Bonchev–Trinajstić information content (AvgIpc) is 2.42. The molecule has 2 aromatic carbocycles. The molecule has 2 N–H and O–H groups in total. The molecule has 0 aromatic heterocycles. The van der Waals surface area contributed by atoms with E-state index in [4.69, 9.17) is 11.6 Å². The number of hydrogen-bond acceptors (Lipinski definition) is 1. The maximum atomic E-state index is 11.8. The van der Waals surface area contributed by atoms with Crippen molar-refractivity contribution >= 4 is 52.0 Å². The zero-order valence-electron chi connectivity index (χ0n) is 11.4. The minimum Gasteiger partial charge on any atom is -0.314 e. The SMILES string of the molecule is Cc1cc(I)ccc1NC(=O)N/C=C/c1cccc(Cl)c1. The van der Waals surface area contributed by atoms with Crippen LogP contribution >= 0.6 is 34.2 Å². The predicted octanol–water partition coefficient (Wildman–Crippen LogP) is 5.05. The van der Waals surface area contributed by atoms with E-state index >= 15 is 0 Å². The van der Waals surface area contributed by atoms with Gasteiger partial charge in [-0.1, -0.05) is 23.7 Å². The molecule has 0 aliphatic rings. The number of anilines is 1. The molecule has 108 valence electrons. The van der Waals surface area contributed by atoms with Crippen LogP contribution in [0.25, 0.3) is 6.08 Å². The Morgan fingerprint density at radius 2 is 2.05 bits per heavy atom. The zero-order valence-corrected chi connectivity index (χ0v) is 14.3. The van der Waals surface area contributed by atoms with Crippen molar-refractivity contribution in [3.05, 3.63) is 68.4 Å². The minimum absolute atomic E-state index is 0.280. The third-order valence-electron chi connectivity index (χ3n) is 2.78. The lowest BCUT2D eigenvalue weighted by Crippen LogP contribution is -2.24. The van der Waals surface area contributed by atoms with E-state index in [1.54, 1.807) is 18.3 Å². The first-order valence-corrected chi connectivity index (χ1v) is 7.76. The summed E-state index contributed by atoms with van der Waals surface area (Å²) in [4.78, 5) is 11.8. The Bertz CT molecular complexity index is 686. The Kier molecular flexibility index (Phi) is 5.64. The molecular weight excluding hydrogens is 399 g/mol. The van der Waals surface area contributed by atoms with Crippen molar-refractivity contribution in [1.29, 1.82) is 0 Å². The van der Waals surface area contributed by atoms with Gasteiger partial charge in [0.1, 0.15) is 0 Å². The van der Waals surface area contributed by atoms with E-state index in [0.29, 0.717) is 5.02 Å². The summed E-state index contributed by atoms with van der Waals surface area (Å²) in [5.41, 5.74) is 2.74. The lowest BCUT2D eigenvalue weighted by atomic mass is 10.2. The van der Waals surface area contributed by atoms with Gasteiger partial charge in [0, 0.05) is 20.5 Å². The summed E-state index contributed by atoms with van der Waals surface area (Å²) in [5.74, 6) is 0. The Hall–Kier alpha value is -1.53. The maximum Gasteiger partial charge on any atom is 0.323 e. The van der Waals surface area contributed by atoms with E-state index in [1.165, 1.54) is 0 Å². The van der Waals surface area contributed by atoms with Gasteiger partial charge < -0.3 is 10.6 Å². The minimum atomic E-state index is -0.280.